The lowest BCUT2D eigenvalue weighted by atomic mass is 10.3. The maximum absolute atomic E-state index is 5.35. The molecule has 0 aliphatic rings. The van der Waals surface area contributed by atoms with Gasteiger partial charge in [-0.3, -0.25) is 4.57 Å². The zero-order chi connectivity index (χ0) is 13.4. The van der Waals surface area contributed by atoms with Crippen molar-refractivity contribution in [1.82, 2.24) is 24.1 Å². The van der Waals surface area contributed by atoms with Crippen molar-refractivity contribution in [2.24, 2.45) is 7.05 Å². The number of nitrogens with zero attached hydrogens (tertiary/aromatic N) is 5. The number of para-hydroxylation sites is 1. The molecule has 19 heavy (non-hydrogen) atoms. The summed E-state index contributed by atoms with van der Waals surface area (Å²) >= 11 is 5.35. The van der Waals surface area contributed by atoms with Crippen LogP contribution in [0.5, 0.6) is 0 Å². The van der Waals surface area contributed by atoms with Crippen LogP contribution in [0.3, 0.4) is 0 Å². The summed E-state index contributed by atoms with van der Waals surface area (Å²) in [4.78, 5) is 0. The molecule has 0 unspecified atom stereocenters. The Hall–Kier alpha value is -2.21. The Morgan fingerprint density at radius 3 is 2.53 bits per heavy atom. The topological polar surface area (TPSA) is 40.6 Å². The van der Waals surface area contributed by atoms with E-state index in [4.69, 9.17) is 12.2 Å². The minimum absolute atomic E-state index is 0.636. The second kappa shape index (κ2) is 4.47. The summed E-state index contributed by atoms with van der Waals surface area (Å²) < 4.78 is 6.01. The summed E-state index contributed by atoms with van der Waals surface area (Å²) in [7, 11) is 1.83. The Balaban J connectivity index is 2.24. The summed E-state index contributed by atoms with van der Waals surface area (Å²) in [5, 5.41) is 8.69. The number of aryl methyl sites for hydroxylation is 2. The van der Waals surface area contributed by atoms with Crippen molar-refractivity contribution in [3.8, 4) is 11.5 Å². The molecule has 0 saturated carbocycles. The molecule has 96 valence electrons. The van der Waals surface area contributed by atoms with Crippen LogP contribution < -0.4 is 0 Å². The third-order valence-electron chi connectivity index (χ3n) is 2.88. The fraction of sp³-hybridized carbons (Fsp3) is 0.154. The highest BCUT2D eigenvalue weighted by atomic mass is 32.1. The Bertz CT molecular complexity index is 766. The molecule has 3 aromatic rings. The molecular weight excluding hydrogens is 258 g/mol. The molecule has 0 aliphatic heterocycles. The maximum atomic E-state index is 5.35. The minimum atomic E-state index is 0.636. The molecule has 0 bridgehead atoms. The van der Waals surface area contributed by atoms with Gasteiger partial charge in [0.25, 0.3) is 0 Å². The van der Waals surface area contributed by atoms with Gasteiger partial charge in [0.05, 0.1) is 11.4 Å². The van der Waals surface area contributed by atoms with Crippen molar-refractivity contribution < 1.29 is 0 Å². The second-order valence-electron chi connectivity index (χ2n) is 4.30. The standard InChI is InChI=1S/C13H13N5S/c1-10-8-12(17-9-14-16(2)13(17)19)18(15-10)11-6-4-3-5-7-11/h3-9H,1-2H3. The lowest BCUT2D eigenvalue weighted by molar-refractivity contribution is 0.742. The fourth-order valence-electron chi connectivity index (χ4n) is 1.96. The summed E-state index contributed by atoms with van der Waals surface area (Å²) in [6.45, 7) is 1.96. The Kier molecular flexibility index (Phi) is 2.79. The zero-order valence-electron chi connectivity index (χ0n) is 10.7. The van der Waals surface area contributed by atoms with Crippen molar-refractivity contribution in [2.45, 2.75) is 6.92 Å². The first-order valence-corrected chi connectivity index (χ1v) is 6.31. The Morgan fingerprint density at radius 2 is 1.89 bits per heavy atom. The van der Waals surface area contributed by atoms with E-state index in [2.05, 4.69) is 10.2 Å². The minimum Gasteiger partial charge on any atom is -0.258 e. The first kappa shape index (κ1) is 11.9. The Morgan fingerprint density at radius 1 is 1.16 bits per heavy atom. The van der Waals surface area contributed by atoms with Gasteiger partial charge >= 0.3 is 0 Å². The van der Waals surface area contributed by atoms with Gasteiger partial charge in [-0.1, -0.05) is 18.2 Å². The van der Waals surface area contributed by atoms with Crippen LogP contribution in [0.4, 0.5) is 0 Å². The van der Waals surface area contributed by atoms with Gasteiger partial charge < -0.3 is 0 Å². The number of hydrogen-bond acceptors (Lipinski definition) is 3. The first-order valence-electron chi connectivity index (χ1n) is 5.90. The number of aromatic nitrogens is 5. The number of benzene rings is 1. The van der Waals surface area contributed by atoms with E-state index in [-0.39, 0.29) is 0 Å². The van der Waals surface area contributed by atoms with E-state index < -0.39 is 0 Å². The smallest absolute Gasteiger partial charge is 0.203 e. The van der Waals surface area contributed by atoms with E-state index in [1.165, 1.54) is 0 Å². The largest absolute Gasteiger partial charge is 0.258 e. The lowest BCUT2D eigenvalue weighted by Gasteiger charge is -2.07. The summed E-state index contributed by atoms with van der Waals surface area (Å²) in [6, 6.07) is 12.0. The van der Waals surface area contributed by atoms with Gasteiger partial charge in [-0.25, -0.2) is 9.36 Å². The SMILES string of the molecule is Cc1cc(-n2cnn(C)c2=S)n(-c2ccccc2)n1. The van der Waals surface area contributed by atoms with Crippen molar-refractivity contribution >= 4 is 12.2 Å². The van der Waals surface area contributed by atoms with Crippen LogP contribution in [0.15, 0.2) is 42.7 Å². The number of hydrogen-bond donors (Lipinski definition) is 0. The monoisotopic (exact) mass is 271 g/mol. The van der Waals surface area contributed by atoms with Crippen LogP contribution in [-0.4, -0.2) is 24.1 Å². The molecule has 2 heterocycles. The van der Waals surface area contributed by atoms with Gasteiger partial charge in [0.1, 0.15) is 12.1 Å². The highest BCUT2D eigenvalue weighted by Crippen LogP contribution is 2.16. The van der Waals surface area contributed by atoms with E-state index in [0.29, 0.717) is 4.77 Å². The van der Waals surface area contributed by atoms with E-state index in [0.717, 1.165) is 17.2 Å². The molecule has 2 aromatic heterocycles. The average Bonchev–Trinajstić information content (AvgIpc) is 2.95. The molecule has 0 N–H and O–H groups in total. The molecule has 6 heteroatoms. The molecule has 1 aromatic carbocycles. The predicted molar refractivity (Wildman–Crippen MR) is 75.2 cm³/mol. The molecule has 0 aliphatic carbocycles. The normalized spacial score (nSPS) is 10.8. The summed E-state index contributed by atoms with van der Waals surface area (Å²) in [5.74, 6) is 0.891. The molecule has 0 spiro atoms. The molecule has 0 radical (unpaired) electrons. The Labute approximate surface area is 115 Å². The molecule has 0 fully saturated rings. The first-order chi connectivity index (χ1) is 9.16. The maximum Gasteiger partial charge on any atom is 0.203 e. The van der Waals surface area contributed by atoms with Crippen LogP contribution >= 0.6 is 12.2 Å². The van der Waals surface area contributed by atoms with Gasteiger partial charge in [-0.2, -0.15) is 10.2 Å². The van der Waals surface area contributed by atoms with Gasteiger partial charge in [-0.15, -0.1) is 0 Å². The van der Waals surface area contributed by atoms with Crippen molar-refractivity contribution in [3.05, 3.63) is 53.2 Å². The van der Waals surface area contributed by atoms with Gasteiger partial charge in [0.2, 0.25) is 4.77 Å². The summed E-state index contributed by atoms with van der Waals surface area (Å²) in [5.41, 5.74) is 1.93. The van der Waals surface area contributed by atoms with Crippen molar-refractivity contribution in [2.75, 3.05) is 0 Å². The third-order valence-corrected chi connectivity index (χ3v) is 3.34. The van der Waals surface area contributed by atoms with Crippen LogP contribution in [0.25, 0.3) is 11.5 Å². The van der Waals surface area contributed by atoms with Gasteiger partial charge in [0.15, 0.2) is 0 Å². The van der Waals surface area contributed by atoms with Crippen LogP contribution in [0, 0.1) is 11.7 Å². The predicted octanol–water partition coefficient (Wildman–Crippen LogP) is 2.43. The molecule has 0 saturated heterocycles. The number of rotatable bonds is 2. The average molecular weight is 271 g/mol. The molecule has 3 rings (SSSR count). The fourth-order valence-corrected chi connectivity index (χ4v) is 2.15. The van der Waals surface area contributed by atoms with Crippen molar-refractivity contribution in [1.29, 1.82) is 0 Å². The molecular formula is C13H13N5S. The molecule has 0 amide bonds. The third kappa shape index (κ3) is 2.00. The summed E-state index contributed by atoms with van der Waals surface area (Å²) in [6.07, 6.45) is 1.71. The highest BCUT2D eigenvalue weighted by molar-refractivity contribution is 7.71. The zero-order valence-corrected chi connectivity index (χ0v) is 11.5. The van der Waals surface area contributed by atoms with E-state index in [1.54, 1.807) is 11.0 Å². The quantitative estimate of drug-likeness (QED) is 0.672. The van der Waals surface area contributed by atoms with Crippen LogP contribution in [0.2, 0.25) is 0 Å². The van der Waals surface area contributed by atoms with Gasteiger partial charge in [-0.05, 0) is 31.3 Å². The van der Waals surface area contributed by atoms with E-state index in [1.807, 2.05) is 59.6 Å². The van der Waals surface area contributed by atoms with Gasteiger partial charge in [0, 0.05) is 13.1 Å². The molecule has 0 atom stereocenters. The molecule has 5 nitrogen and oxygen atoms in total. The van der Waals surface area contributed by atoms with E-state index in [9.17, 15) is 0 Å². The highest BCUT2D eigenvalue weighted by Gasteiger charge is 2.11. The van der Waals surface area contributed by atoms with Crippen LogP contribution in [0.1, 0.15) is 5.69 Å². The van der Waals surface area contributed by atoms with Crippen LogP contribution in [-0.2, 0) is 7.05 Å². The second-order valence-corrected chi connectivity index (χ2v) is 4.66. The van der Waals surface area contributed by atoms with E-state index >= 15 is 0 Å². The lowest BCUT2D eigenvalue weighted by Crippen LogP contribution is -2.05. The van der Waals surface area contributed by atoms with Crippen molar-refractivity contribution in [3.63, 3.8) is 0 Å².